The summed E-state index contributed by atoms with van der Waals surface area (Å²) in [5.74, 6) is 0.726. The molecule has 0 bridgehead atoms. The van der Waals surface area contributed by atoms with E-state index in [2.05, 4.69) is 50.0 Å². The van der Waals surface area contributed by atoms with Gasteiger partial charge in [-0.15, -0.1) is 0 Å². The third kappa shape index (κ3) is 4.68. The number of hydrogen-bond acceptors (Lipinski definition) is 1. The summed E-state index contributed by atoms with van der Waals surface area (Å²) in [4.78, 5) is 0. The van der Waals surface area contributed by atoms with Gasteiger partial charge in [0.2, 0.25) is 0 Å². The van der Waals surface area contributed by atoms with Gasteiger partial charge in [-0.2, -0.15) is 0 Å². The Morgan fingerprint density at radius 3 is 2.20 bits per heavy atom. The molecular formula is C14H21N. The zero-order valence-electron chi connectivity index (χ0n) is 10.0. The molecule has 0 radical (unpaired) electrons. The molecule has 82 valence electrons. The minimum atomic E-state index is 0.726. The Labute approximate surface area is 93.2 Å². The molecule has 0 unspecified atom stereocenters. The molecule has 0 aliphatic rings. The molecule has 0 heterocycles. The number of hydrogen-bond donors (Lipinski definition) is 1. The molecule has 0 amide bonds. The van der Waals surface area contributed by atoms with Crippen LogP contribution in [0.15, 0.2) is 36.5 Å². The minimum Gasteiger partial charge on any atom is -0.385 e. The van der Waals surface area contributed by atoms with Crippen molar-refractivity contribution >= 4 is 0 Å². The number of nitrogens with one attached hydrogen (secondary N) is 1. The molecule has 0 fully saturated rings. The molecule has 0 aliphatic carbocycles. The van der Waals surface area contributed by atoms with Crippen molar-refractivity contribution in [3.63, 3.8) is 0 Å². The Morgan fingerprint density at radius 1 is 1.20 bits per heavy atom. The topological polar surface area (TPSA) is 12.0 Å². The fourth-order valence-electron chi connectivity index (χ4n) is 1.52. The third-order valence-corrected chi connectivity index (χ3v) is 2.26. The summed E-state index contributed by atoms with van der Waals surface area (Å²) in [6.07, 6.45) is 1.16. The van der Waals surface area contributed by atoms with Gasteiger partial charge < -0.3 is 5.32 Å². The normalized spacial score (nSPS) is 10.4. The summed E-state index contributed by atoms with van der Waals surface area (Å²) in [7, 11) is 0. The van der Waals surface area contributed by atoms with Crippen LogP contribution in [-0.2, 0) is 13.0 Å². The first kappa shape index (κ1) is 11.8. The van der Waals surface area contributed by atoms with Gasteiger partial charge in [-0.05, 0) is 30.4 Å². The lowest BCUT2D eigenvalue weighted by Gasteiger charge is -2.08. The summed E-state index contributed by atoms with van der Waals surface area (Å²) in [5.41, 5.74) is 3.75. The van der Waals surface area contributed by atoms with Crippen LogP contribution < -0.4 is 5.32 Å². The van der Waals surface area contributed by atoms with Gasteiger partial charge >= 0.3 is 0 Å². The first-order valence-electron chi connectivity index (χ1n) is 5.55. The van der Waals surface area contributed by atoms with E-state index in [0.29, 0.717) is 0 Å². The fraction of sp³-hybridized carbons (Fsp3) is 0.429. The molecule has 0 saturated heterocycles. The van der Waals surface area contributed by atoms with Crippen molar-refractivity contribution in [2.75, 3.05) is 0 Å². The maximum absolute atomic E-state index is 3.82. The van der Waals surface area contributed by atoms with Crippen LogP contribution in [0.3, 0.4) is 0 Å². The van der Waals surface area contributed by atoms with E-state index in [1.54, 1.807) is 0 Å². The highest BCUT2D eigenvalue weighted by atomic mass is 14.9. The number of rotatable bonds is 5. The van der Waals surface area contributed by atoms with E-state index in [-0.39, 0.29) is 0 Å². The van der Waals surface area contributed by atoms with E-state index >= 15 is 0 Å². The second-order valence-corrected chi connectivity index (χ2v) is 4.55. The Morgan fingerprint density at radius 2 is 1.73 bits per heavy atom. The Bertz CT molecular complexity index is 309. The Balaban J connectivity index is 2.52. The van der Waals surface area contributed by atoms with Crippen LogP contribution >= 0.6 is 0 Å². The van der Waals surface area contributed by atoms with Crippen LogP contribution in [0.4, 0.5) is 0 Å². The Kier molecular flexibility index (Phi) is 4.41. The number of benzene rings is 1. The van der Waals surface area contributed by atoms with Gasteiger partial charge in [0.05, 0.1) is 0 Å². The summed E-state index contributed by atoms with van der Waals surface area (Å²) in [6, 6.07) is 8.81. The molecule has 1 N–H and O–H groups in total. The van der Waals surface area contributed by atoms with Crippen molar-refractivity contribution in [1.82, 2.24) is 5.32 Å². The zero-order valence-corrected chi connectivity index (χ0v) is 10.0. The van der Waals surface area contributed by atoms with E-state index in [9.17, 15) is 0 Å². The molecule has 0 saturated carbocycles. The highest BCUT2D eigenvalue weighted by Gasteiger charge is 1.97. The van der Waals surface area contributed by atoms with Crippen molar-refractivity contribution in [2.24, 2.45) is 5.92 Å². The van der Waals surface area contributed by atoms with Gasteiger partial charge in [-0.25, -0.2) is 0 Å². The second kappa shape index (κ2) is 5.59. The molecule has 1 aromatic carbocycles. The Hall–Kier alpha value is -1.24. The highest BCUT2D eigenvalue weighted by molar-refractivity contribution is 5.23. The lowest BCUT2D eigenvalue weighted by Crippen LogP contribution is -2.09. The minimum absolute atomic E-state index is 0.726. The van der Waals surface area contributed by atoms with Gasteiger partial charge in [0.25, 0.3) is 0 Å². The molecular weight excluding hydrogens is 182 g/mol. The van der Waals surface area contributed by atoms with E-state index in [1.807, 2.05) is 6.92 Å². The molecule has 0 aromatic heterocycles. The van der Waals surface area contributed by atoms with Crippen LogP contribution in [0.5, 0.6) is 0 Å². The average Bonchev–Trinajstić information content (AvgIpc) is 2.16. The molecule has 1 rings (SSSR count). The lowest BCUT2D eigenvalue weighted by molar-refractivity contribution is 0.647. The fourth-order valence-corrected chi connectivity index (χ4v) is 1.52. The van der Waals surface area contributed by atoms with Crippen molar-refractivity contribution in [3.8, 4) is 0 Å². The SMILES string of the molecule is C=C(C)NCc1ccc(CC(C)C)cc1. The quantitative estimate of drug-likeness (QED) is 0.772. The largest absolute Gasteiger partial charge is 0.385 e. The summed E-state index contributed by atoms with van der Waals surface area (Å²) in [5, 5.41) is 3.23. The predicted octanol–water partition coefficient (Wildman–Crippen LogP) is 3.51. The maximum Gasteiger partial charge on any atom is 0.0397 e. The average molecular weight is 203 g/mol. The lowest BCUT2D eigenvalue weighted by atomic mass is 10.0. The highest BCUT2D eigenvalue weighted by Crippen LogP contribution is 2.09. The molecule has 1 heteroatoms. The van der Waals surface area contributed by atoms with Crippen LogP contribution in [0.2, 0.25) is 0 Å². The van der Waals surface area contributed by atoms with E-state index in [0.717, 1.165) is 24.6 Å². The molecule has 15 heavy (non-hydrogen) atoms. The van der Waals surface area contributed by atoms with Gasteiger partial charge in [0, 0.05) is 12.2 Å². The molecule has 1 nitrogen and oxygen atoms in total. The summed E-state index contributed by atoms with van der Waals surface area (Å²) >= 11 is 0. The van der Waals surface area contributed by atoms with Crippen LogP contribution in [0, 0.1) is 5.92 Å². The first-order valence-corrected chi connectivity index (χ1v) is 5.55. The second-order valence-electron chi connectivity index (χ2n) is 4.55. The molecule has 1 aromatic rings. The van der Waals surface area contributed by atoms with E-state index in [1.165, 1.54) is 11.1 Å². The maximum atomic E-state index is 3.82. The monoisotopic (exact) mass is 203 g/mol. The molecule has 0 atom stereocenters. The molecule has 0 spiro atoms. The van der Waals surface area contributed by atoms with Gasteiger partial charge in [0.15, 0.2) is 0 Å². The van der Waals surface area contributed by atoms with E-state index < -0.39 is 0 Å². The van der Waals surface area contributed by atoms with Crippen LogP contribution in [0.25, 0.3) is 0 Å². The van der Waals surface area contributed by atoms with Gasteiger partial charge in [0.1, 0.15) is 0 Å². The van der Waals surface area contributed by atoms with Gasteiger partial charge in [-0.3, -0.25) is 0 Å². The third-order valence-electron chi connectivity index (χ3n) is 2.26. The van der Waals surface area contributed by atoms with Crippen molar-refractivity contribution in [2.45, 2.75) is 33.7 Å². The number of allylic oxidation sites excluding steroid dienone is 1. The van der Waals surface area contributed by atoms with E-state index in [4.69, 9.17) is 0 Å². The van der Waals surface area contributed by atoms with Crippen molar-refractivity contribution in [3.05, 3.63) is 47.7 Å². The van der Waals surface area contributed by atoms with Crippen LogP contribution in [-0.4, -0.2) is 0 Å². The first-order chi connectivity index (χ1) is 7.08. The van der Waals surface area contributed by atoms with Crippen molar-refractivity contribution in [1.29, 1.82) is 0 Å². The molecule has 0 aliphatic heterocycles. The van der Waals surface area contributed by atoms with Gasteiger partial charge in [-0.1, -0.05) is 44.7 Å². The smallest absolute Gasteiger partial charge is 0.0397 e. The predicted molar refractivity (Wildman–Crippen MR) is 66.6 cm³/mol. The summed E-state index contributed by atoms with van der Waals surface area (Å²) < 4.78 is 0. The van der Waals surface area contributed by atoms with Crippen LogP contribution in [0.1, 0.15) is 31.9 Å². The van der Waals surface area contributed by atoms with Crippen molar-refractivity contribution < 1.29 is 0 Å². The summed E-state index contributed by atoms with van der Waals surface area (Å²) in [6.45, 7) is 11.2. The zero-order chi connectivity index (χ0) is 11.3. The standard InChI is InChI=1S/C14H21N/c1-11(2)9-13-5-7-14(8-6-13)10-15-12(3)4/h5-8,11,15H,3,9-10H2,1-2,4H3.